The van der Waals surface area contributed by atoms with Crippen molar-refractivity contribution in [2.45, 2.75) is 6.92 Å². The fraction of sp³-hybridized carbons (Fsp3) is 0.111. The van der Waals surface area contributed by atoms with Gasteiger partial charge in [0.15, 0.2) is 11.0 Å². The van der Waals surface area contributed by atoms with Gasteiger partial charge in [-0.1, -0.05) is 19.2 Å². The minimum atomic E-state index is -0.334. The molecule has 0 amide bonds. The Morgan fingerprint density at radius 3 is 1.46 bits per heavy atom. The highest BCUT2D eigenvalue weighted by molar-refractivity contribution is 7.74. The van der Waals surface area contributed by atoms with Crippen molar-refractivity contribution in [3.63, 3.8) is 0 Å². The van der Waals surface area contributed by atoms with Gasteiger partial charge in [0.1, 0.15) is 0 Å². The van der Waals surface area contributed by atoms with Gasteiger partial charge in [-0.2, -0.15) is 9.90 Å². The molecule has 0 aromatic heterocycles. The Morgan fingerprint density at radius 2 is 1.31 bits per heavy atom. The lowest BCUT2D eigenvalue weighted by molar-refractivity contribution is -0.109. The fourth-order valence-electron chi connectivity index (χ4n) is 0.223. The van der Waals surface area contributed by atoms with Crippen LogP contribution in [-0.2, 0) is 9.59 Å². The second-order valence-electron chi connectivity index (χ2n) is 1.67. The minimum Gasteiger partial charge on any atom is -0.290 e. The molecule has 0 aromatic rings. The standard InChI is InChI=1S/C6H7O2P.C3H6.H3P/c1-3-5(7)9-6(8)4-2;1-3-2;/h3-4,9H,1-2H2;3H,1H2,2H3;1H3. The summed E-state index contributed by atoms with van der Waals surface area (Å²) in [5.74, 6) is 0. The molecule has 0 rings (SSSR count). The molecule has 0 aliphatic rings. The summed E-state index contributed by atoms with van der Waals surface area (Å²) in [6.45, 7) is 11.7. The number of allylic oxidation sites excluding steroid dienone is 3. The highest BCUT2D eigenvalue weighted by Gasteiger charge is 1.99. The van der Waals surface area contributed by atoms with Gasteiger partial charge >= 0.3 is 0 Å². The molecule has 0 saturated carbocycles. The molecule has 0 bridgehead atoms. The van der Waals surface area contributed by atoms with E-state index in [0.29, 0.717) is 0 Å². The molecule has 0 saturated heterocycles. The second-order valence-corrected chi connectivity index (χ2v) is 2.91. The zero-order valence-corrected chi connectivity index (χ0v) is 10.3. The third kappa shape index (κ3) is 18.4. The van der Waals surface area contributed by atoms with Crippen molar-refractivity contribution < 1.29 is 9.59 Å². The third-order valence-electron chi connectivity index (χ3n) is 0.617. The summed E-state index contributed by atoms with van der Waals surface area (Å²) in [4.78, 5) is 20.8. The van der Waals surface area contributed by atoms with Gasteiger partial charge in [0.05, 0.1) is 0 Å². The van der Waals surface area contributed by atoms with E-state index in [9.17, 15) is 9.59 Å². The Hall–Kier alpha value is -0.580. The highest BCUT2D eigenvalue weighted by atomic mass is 31.1. The maximum absolute atomic E-state index is 10.4. The Bertz CT molecular complexity index is 180. The van der Waals surface area contributed by atoms with E-state index in [-0.39, 0.29) is 29.5 Å². The van der Waals surface area contributed by atoms with Crippen LogP contribution in [0, 0.1) is 0 Å². The summed E-state index contributed by atoms with van der Waals surface area (Å²) >= 11 is 0. The van der Waals surface area contributed by atoms with E-state index in [1.54, 1.807) is 6.08 Å². The third-order valence-corrected chi connectivity index (χ3v) is 1.52. The number of carbonyl (C=O) groups excluding carboxylic acids is 2. The van der Waals surface area contributed by atoms with Crippen LogP contribution in [0.5, 0.6) is 0 Å². The van der Waals surface area contributed by atoms with Crippen LogP contribution in [0.1, 0.15) is 6.92 Å². The van der Waals surface area contributed by atoms with Gasteiger partial charge in [-0.3, -0.25) is 9.59 Å². The first-order valence-corrected chi connectivity index (χ1v) is 4.29. The fourth-order valence-corrected chi connectivity index (χ4v) is 0.670. The topological polar surface area (TPSA) is 34.1 Å². The molecule has 2 nitrogen and oxygen atoms in total. The van der Waals surface area contributed by atoms with E-state index in [1.165, 1.54) is 0 Å². The Kier molecular flexibility index (Phi) is 19.6. The van der Waals surface area contributed by atoms with Gasteiger partial charge in [-0.15, -0.1) is 6.58 Å². The van der Waals surface area contributed by atoms with Crippen LogP contribution < -0.4 is 0 Å². The molecule has 0 N–H and O–H groups in total. The zero-order valence-electron chi connectivity index (χ0n) is 7.88. The van der Waals surface area contributed by atoms with Crippen molar-refractivity contribution >= 4 is 29.5 Å². The summed E-state index contributed by atoms with van der Waals surface area (Å²) in [5.41, 5.74) is -0.472. The van der Waals surface area contributed by atoms with E-state index in [2.05, 4.69) is 19.7 Å². The molecule has 0 fully saturated rings. The van der Waals surface area contributed by atoms with E-state index in [1.807, 2.05) is 6.92 Å². The first-order chi connectivity index (χ1) is 5.62. The highest BCUT2D eigenvalue weighted by Crippen LogP contribution is 2.12. The number of hydrogen-bond acceptors (Lipinski definition) is 2. The summed E-state index contributed by atoms with van der Waals surface area (Å²) in [7, 11) is -0.334. The van der Waals surface area contributed by atoms with Gasteiger partial charge in [-0.05, 0) is 19.1 Å². The van der Waals surface area contributed by atoms with Gasteiger partial charge in [0, 0.05) is 8.58 Å². The van der Waals surface area contributed by atoms with Crippen molar-refractivity contribution in [2.24, 2.45) is 0 Å². The Morgan fingerprint density at radius 1 is 1.08 bits per heavy atom. The van der Waals surface area contributed by atoms with Crippen LogP contribution in [0.25, 0.3) is 0 Å². The molecular weight excluding hydrogens is 202 g/mol. The second kappa shape index (κ2) is 14.0. The lowest BCUT2D eigenvalue weighted by Crippen LogP contribution is -1.87. The van der Waals surface area contributed by atoms with E-state index < -0.39 is 0 Å². The molecular formula is C9H16O2P2. The number of rotatable bonds is 4. The van der Waals surface area contributed by atoms with Crippen LogP contribution >= 0.6 is 18.5 Å². The minimum absolute atomic E-state index is 0. The van der Waals surface area contributed by atoms with Crippen molar-refractivity contribution in [3.8, 4) is 0 Å². The van der Waals surface area contributed by atoms with Gasteiger partial charge in [0.2, 0.25) is 0 Å². The summed E-state index contributed by atoms with van der Waals surface area (Å²) in [6, 6.07) is 0. The van der Waals surface area contributed by atoms with E-state index in [4.69, 9.17) is 0 Å². The predicted octanol–water partition coefficient (Wildman–Crippen LogP) is 2.34. The molecule has 0 spiro atoms. The number of hydrogen-bond donors (Lipinski definition) is 0. The molecule has 74 valence electrons. The van der Waals surface area contributed by atoms with Gasteiger partial charge < -0.3 is 0 Å². The maximum atomic E-state index is 10.4. The molecule has 0 aliphatic carbocycles. The van der Waals surface area contributed by atoms with Gasteiger partial charge in [-0.25, -0.2) is 0 Å². The molecule has 0 heterocycles. The van der Waals surface area contributed by atoms with Crippen LogP contribution in [-0.4, -0.2) is 11.0 Å². The Labute approximate surface area is 84.6 Å². The van der Waals surface area contributed by atoms with Crippen molar-refractivity contribution in [1.82, 2.24) is 0 Å². The van der Waals surface area contributed by atoms with Crippen molar-refractivity contribution in [1.29, 1.82) is 0 Å². The first-order valence-electron chi connectivity index (χ1n) is 3.29. The predicted molar refractivity (Wildman–Crippen MR) is 65.7 cm³/mol. The molecule has 1 unspecified atom stereocenters. The van der Waals surface area contributed by atoms with Crippen LogP contribution in [0.4, 0.5) is 0 Å². The molecule has 1 atom stereocenters. The molecule has 0 radical (unpaired) electrons. The van der Waals surface area contributed by atoms with Crippen molar-refractivity contribution in [3.05, 3.63) is 38.0 Å². The summed E-state index contributed by atoms with van der Waals surface area (Å²) in [6.07, 6.45) is 4.03. The molecule has 0 aromatic carbocycles. The summed E-state index contributed by atoms with van der Waals surface area (Å²) < 4.78 is 0. The summed E-state index contributed by atoms with van der Waals surface area (Å²) in [5, 5.41) is 0. The van der Waals surface area contributed by atoms with Gasteiger partial charge in [0.25, 0.3) is 0 Å². The van der Waals surface area contributed by atoms with Crippen LogP contribution in [0.2, 0.25) is 0 Å². The SMILES string of the molecule is C=CC.C=CC(=O)PC(=O)C=C.P. The Balaban J connectivity index is -0.000000220. The molecule has 4 heteroatoms. The average molecular weight is 218 g/mol. The maximum Gasteiger partial charge on any atom is 0.181 e. The monoisotopic (exact) mass is 218 g/mol. The quantitative estimate of drug-likeness (QED) is 0.412. The number of carbonyl (C=O) groups is 2. The smallest absolute Gasteiger partial charge is 0.181 e. The average Bonchev–Trinajstić information content (AvgIpc) is 2.05. The van der Waals surface area contributed by atoms with E-state index >= 15 is 0 Å². The van der Waals surface area contributed by atoms with Crippen LogP contribution in [0.15, 0.2) is 38.0 Å². The molecule has 13 heavy (non-hydrogen) atoms. The van der Waals surface area contributed by atoms with Crippen molar-refractivity contribution in [2.75, 3.05) is 0 Å². The first kappa shape index (κ1) is 18.3. The zero-order chi connectivity index (χ0) is 9.98. The molecule has 0 aliphatic heterocycles. The lowest BCUT2D eigenvalue weighted by atomic mass is 10.7. The lowest BCUT2D eigenvalue weighted by Gasteiger charge is -1.85. The normalized spacial score (nSPS) is 6.54. The largest absolute Gasteiger partial charge is 0.290 e. The van der Waals surface area contributed by atoms with E-state index in [0.717, 1.165) is 12.2 Å². The van der Waals surface area contributed by atoms with Crippen LogP contribution in [0.3, 0.4) is 0 Å².